The molecule has 3 N–H and O–H groups in total. The van der Waals surface area contributed by atoms with Crippen LogP contribution in [0.15, 0.2) is 54.6 Å². The summed E-state index contributed by atoms with van der Waals surface area (Å²) in [5, 5.41) is 19.4. The lowest BCUT2D eigenvalue weighted by atomic mass is 9.83. The molecule has 152 valence electrons. The number of aromatic hydroxyl groups is 2. The maximum Gasteiger partial charge on any atom is 0.283 e. The number of halogens is 4. The zero-order valence-corrected chi connectivity index (χ0v) is 18.1. The van der Waals surface area contributed by atoms with E-state index in [1.807, 2.05) is 0 Å². The van der Waals surface area contributed by atoms with Crippen LogP contribution in [0.3, 0.4) is 0 Å². The van der Waals surface area contributed by atoms with Gasteiger partial charge in [0.05, 0.1) is 5.02 Å². The number of phenols is 2. The van der Waals surface area contributed by atoms with E-state index in [-0.39, 0.29) is 42.5 Å². The number of phenolic OH excluding ortho intramolecular Hbond substituents is 2. The molecule has 0 saturated carbocycles. The van der Waals surface area contributed by atoms with E-state index in [0.29, 0.717) is 0 Å². The highest BCUT2D eigenvalue weighted by atomic mass is 35.5. The Morgan fingerprint density at radius 1 is 0.759 bits per heavy atom. The maximum atomic E-state index is 13.0. The average molecular weight is 494 g/mol. The summed E-state index contributed by atoms with van der Waals surface area (Å²) in [6.45, 7) is 0. The van der Waals surface area contributed by atoms with Crippen LogP contribution >= 0.6 is 46.4 Å². The summed E-state index contributed by atoms with van der Waals surface area (Å²) in [4.78, 5) is 0. The molecule has 0 spiro atoms. The zero-order valence-electron chi connectivity index (χ0n) is 14.3. The molecule has 0 saturated heterocycles. The zero-order chi connectivity index (χ0) is 21.6. The summed E-state index contributed by atoms with van der Waals surface area (Å²) < 4.78 is 34.0. The van der Waals surface area contributed by atoms with Crippen LogP contribution in [0.2, 0.25) is 20.1 Å². The van der Waals surface area contributed by atoms with Crippen molar-refractivity contribution in [2.45, 2.75) is 4.75 Å². The lowest BCUT2D eigenvalue weighted by molar-refractivity contribution is 0.455. The summed E-state index contributed by atoms with van der Waals surface area (Å²) in [5.74, 6) is -0.733. The molecule has 0 radical (unpaired) electrons. The fourth-order valence-corrected chi connectivity index (χ4v) is 5.55. The summed E-state index contributed by atoms with van der Waals surface area (Å²) in [5.41, 5.74) is -0.326. The molecule has 10 heteroatoms. The second-order valence-electron chi connectivity index (χ2n) is 6.09. The van der Waals surface area contributed by atoms with Gasteiger partial charge in [-0.1, -0.05) is 70.7 Å². The Balaban J connectivity index is 2.61. The average Bonchev–Trinajstić information content (AvgIpc) is 2.62. The molecule has 29 heavy (non-hydrogen) atoms. The number of hydrogen-bond acceptors (Lipinski definition) is 4. The van der Waals surface area contributed by atoms with Crippen molar-refractivity contribution in [3.63, 3.8) is 0 Å². The molecule has 3 aromatic carbocycles. The van der Waals surface area contributed by atoms with Gasteiger partial charge in [-0.15, -0.1) is 0 Å². The van der Waals surface area contributed by atoms with Crippen molar-refractivity contribution < 1.29 is 23.2 Å². The molecular weight excluding hydrogens is 482 g/mol. The second kappa shape index (κ2) is 7.87. The van der Waals surface area contributed by atoms with Crippen molar-refractivity contribution in [3.05, 3.63) is 91.4 Å². The topological polar surface area (TPSA) is 94.8 Å². The first-order valence-corrected chi connectivity index (χ1v) is 10.8. The summed E-state index contributed by atoms with van der Waals surface area (Å²) in [6.07, 6.45) is 0. The van der Waals surface area contributed by atoms with E-state index in [4.69, 9.17) is 46.4 Å². The molecule has 1 atom stereocenters. The number of benzene rings is 3. The first-order chi connectivity index (χ1) is 13.5. The van der Waals surface area contributed by atoms with Crippen molar-refractivity contribution in [3.8, 4) is 11.5 Å². The molecule has 0 aliphatic carbocycles. The molecule has 0 amide bonds. The van der Waals surface area contributed by atoms with Crippen LogP contribution in [0.4, 0.5) is 0 Å². The molecule has 0 heterocycles. The molecule has 1 unspecified atom stereocenters. The van der Waals surface area contributed by atoms with E-state index in [2.05, 4.69) is 0 Å². The largest absolute Gasteiger partial charge is 0.508 e. The monoisotopic (exact) mass is 492 g/mol. The third-order valence-corrected chi connectivity index (χ3v) is 7.27. The van der Waals surface area contributed by atoms with Gasteiger partial charge in [0.25, 0.3) is 10.1 Å². The molecule has 0 bridgehead atoms. The van der Waals surface area contributed by atoms with Crippen LogP contribution in [0.1, 0.15) is 16.7 Å². The summed E-state index contributed by atoms with van der Waals surface area (Å²) >= 11 is 24.6. The van der Waals surface area contributed by atoms with Gasteiger partial charge in [0.15, 0.2) is 4.75 Å². The Hall–Kier alpha value is -1.67. The highest BCUT2D eigenvalue weighted by Gasteiger charge is 2.51. The first-order valence-electron chi connectivity index (χ1n) is 7.89. The van der Waals surface area contributed by atoms with Gasteiger partial charge in [-0.05, 0) is 35.9 Å². The van der Waals surface area contributed by atoms with Crippen molar-refractivity contribution in [2.75, 3.05) is 0 Å². The van der Waals surface area contributed by atoms with Gasteiger partial charge in [-0.3, -0.25) is 4.55 Å². The Morgan fingerprint density at radius 3 is 1.93 bits per heavy atom. The number of rotatable bonds is 4. The standard InChI is InChI=1S/C19H12Cl4O5S/c20-14-4-2-1-3-12(14)19(29(26,27)28,13-6-5-11(24)9-15(13)21)10-7-16(22)18(23)17(25)8-10/h1-9,24-25H,(H,26,27,28). The van der Waals surface area contributed by atoms with E-state index in [0.717, 1.165) is 12.1 Å². The van der Waals surface area contributed by atoms with E-state index in [9.17, 15) is 23.2 Å². The van der Waals surface area contributed by atoms with Crippen molar-refractivity contribution in [2.24, 2.45) is 0 Å². The van der Waals surface area contributed by atoms with E-state index in [1.165, 1.54) is 36.4 Å². The maximum absolute atomic E-state index is 13.0. The fraction of sp³-hybridized carbons (Fsp3) is 0.0526. The molecular formula is C19H12Cl4O5S. The third kappa shape index (κ3) is 3.65. The van der Waals surface area contributed by atoms with Gasteiger partial charge >= 0.3 is 0 Å². The minimum Gasteiger partial charge on any atom is -0.508 e. The Labute approximate surface area is 186 Å². The normalized spacial score (nSPS) is 13.8. The van der Waals surface area contributed by atoms with Crippen LogP contribution < -0.4 is 0 Å². The smallest absolute Gasteiger partial charge is 0.283 e. The molecule has 0 aliphatic rings. The highest BCUT2D eigenvalue weighted by Crippen LogP contribution is 2.51. The summed E-state index contributed by atoms with van der Waals surface area (Å²) in [6, 6.07) is 11.7. The van der Waals surface area contributed by atoms with Crippen LogP contribution in [0.5, 0.6) is 11.5 Å². The third-order valence-electron chi connectivity index (χ3n) is 4.39. The van der Waals surface area contributed by atoms with Crippen LogP contribution in [-0.4, -0.2) is 23.2 Å². The number of hydrogen-bond donors (Lipinski definition) is 3. The minimum atomic E-state index is -5.05. The van der Waals surface area contributed by atoms with Gasteiger partial charge < -0.3 is 10.2 Å². The minimum absolute atomic E-state index is 0.000158. The van der Waals surface area contributed by atoms with Gasteiger partial charge in [-0.25, -0.2) is 0 Å². The SMILES string of the molecule is O=S(=O)(O)C(c1cc(O)c(Cl)c(Cl)c1)(c1ccccc1Cl)c1ccc(O)cc1Cl. The lowest BCUT2D eigenvalue weighted by Crippen LogP contribution is -2.38. The first kappa shape index (κ1) is 22.0. The Kier molecular flexibility index (Phi) is 5.98. The van der Waals surface area contributed by atoms with Crippen molar-refractivity contribution in [1.29, 1.82) is 0 Å². The predicted molar refractivity (Wildman–Crippen MR) is 114 cm³/mol. The van der Waals surface area contributed by atoms with E-state index >= 15 is 0 Å². The van der Waals surface area contributed by atoms with Gasteiger partial charge in [0, 0.05) is 21.2 Å². The van der Waals surface area contributed by atoms with Crippen LogP contribution in [0.25, 0.3) is 0 Å². The Bertz CT molecular complexity index is 1190. The van der Waals surface area contributed by atoms with Crippen LogP contribution in [0, 0.1) is 0 Å². The van der Waals surface area contributed by atoms with Gasteiger partial charge in [-0.2, -0.15) is 8.42 Å². The fourth-order valence-electron chi connectivity index (χ4n) is 3.20. The van der Waals surface area contributed by atoms with Crippen molar-refractivity contribution in [1.82, 2.24) is 0 Å². The highest BCUT2D eigenvalue weighted by molar-refractivity contribution is 7.87. The van der Waals surface area contributed by atoms with Crippen molar-refractivity contribution >= 4 is 56.5 Å². The molecule has 5 nitrogen and oxygen atoms in total. The summed E-state index contributed by atoms with van der Waals surface area (Å²) in [7, 11) is -5.05. The quantitative estimate of drug-likeness (QED) is 0.311. The van der Waals surface area contributed by atoms with E-state index < -0.39 is 20.6 Å². The van der Waals surface area contributed by atoms with Gasteiger partial charge in [0.1, 0.15) is 16.5 Å². The molecule has 3 rings (SSSR count). The molecule has 0 aromatic heterocycles. The Morgan fingerprint density at radius 2 is 1.38 bits per heavy atom. The predicted octanol–water partition coefficient (Wildman–Crippen LogP) is 5.89. The second-order valence-corrected chi connectivity index (χ2v) is 9.25. The molecule has 0 fully saturated rings. The molecule has 3 aromatic rings. The molecule has 0 aliphatic heterocycles. The van der Waals surface area contributed by atoms with Gasteiger partial charge in [0.2, 0.25) is 0 Å². The lowest BCUT2D eigenvalue weighted by Gasteiger charge is -2.34. The van der Waals surface area contributed by atoms with Crippen LogP contribution in [-0.2, 0) is 14.9 Å². The van der Waals surface area contributed by atoms with E-state index in [1.54, 1.807) is 6.07 Å².